The SMILES string of the molecule is CC1CCC(CNC(C)C2CC3C=CC2C3)C1. The second-order valence-electron chi connectivity index (χ2n) is 6.93. The zero-order valence-electron chi connectivity index (χ0n) is 11.4. The van der Waals surface area contributed by atoms with Gasteiger partial charge in [-0.05, 0) is 68.7 Å². The van der Waals surface area contributed by atoms with Crippen molar-refractivity contribution in [2.75, 3.05) is 6.54 Å². The summed E-state index contributed by atoms with van der Waals surface area (Å²) in [7, 11) is 0. The molecule has 0 aromatic rings. The van der Waals surface area contributed by atoms with Crippen LogP contribution in [0.15, 0.2) is 12.2 Å². The van der Waals surface area contributed by atoms with Crippen molar-refractivity contribution in [3.8, 4) is 0 Å². The van der Waals surface area contributed by atoms with E-state index in [1.807, 2.05) is 0 Å². The number of allylic oxidation sites excluding steroid dienone is 2. The predicted molar refractivity (Wildman–Crippen MR) is 72.8 cm³/mol. The number of fused-ring (bicyclic) bond motifs is 2. The Morgan fingerprint density at radius 1 is 1.18 bits per heavy atom. The predicted octanol–water partition coefficient (Wildman–Crippen LogP) is 3.61. The first-order valence-electron chi connectivity index (χ1n) is 7.64. The topological polar surface area (TPSA) is 12.0 Å². The van der Waals surface area contributed by atoms with Gasteiger partial charge < -0.3 is 5.32 Å². The second-order valence-corrected chi connectivity index (χ2v) is 6.93. The van der Waals surface area contributed by atoms with Crippen molar-refractivity contribution in [1.29, 1.82) is 0 Å². The summed E-state index contributed by atoms with van der Waals surface area (Å²) in [5, 5.41) is 3.84. The Hall–Kier alpha value is -0.300. The lowest BCUT2D eigenvalue weighted by atomic mass is 9.87. The fourth-order valence-corrected chi connectivity index (χ4v) is 4.41. The van der Waals surface area contributed by atoms with E-state index in [1.165, 1.54) is 38.6 Å². The molecule has 17 heavy (non-hydrogen) atoms. The van der Waals surface area contributed by atoms with Crippen LogP contribution >= 0.6 is 0 Å². The van der Waals surface area contributed by atoms with E-state index >= 15 is 0 Å². The van der Waals surface area contributed by atoms with Crippen molar-refractivity contribution >= 4 is 0 Å². The van der Waals surface area contributed by atoms with Crippen LogP contribution in [0.2, 0.25) is 0 Å². The highest BCUT2D eigenvalue weighted by Crippen LogP contribution is 2.44. The molecule has 0 radical (unpaired) electrons. The van der Waals surface area contributed by atoms with Gasteiger partial charge in [0.1, 0.15) is 0 Å². The molecule has 0 aromatic carbocycles. The Morgan fingerprint density at radius 3 is 2.65 bits per heavy atom. The third-order valence-corrected chi connectivity index (χ3v) is 5.50. The van der Waals surface area contributed by atoms with Gasteiger partial charge in [0.25, 0.3) is 0 Å². The van der Waals surface area contributed by atoms with E-state index in [9.17, 15) is 0 Å². The van der Waals surface area contributed by atoms with Crippen LogP contribution < -0.4 is 5.32 Å². The van der Waals surface area contributed by atoms with Crippen LogP contribution in [-0.4, -0.2) is 12.6 Å². The van der Waals surface area contributed by atoms with Crippen molar-refractivity contribution in [2.24, 2.45) is 29.6 Å². The van der Waals surface area contributed by atoms with E-state index < -0.39 is 0 Å². The maximum atomic E-state index is 3.84. The molecule has 0 aliphatic heterocycles. The Labute approximate surface area is 106 Å². The Morgan fingerprint density at radius 2 is 2.06 bits per heavy atom. The van der Waals surface area contributed by atoms with Gasteiger partial charge in [-0.25, -0.2) is 0 Å². The normalized spacial score (nSPS) is 45.6. The summed E-state index contributed by atoms with van der Waals surface area (Å²) < 4.78 is 0. The van der Waals surface area contributed by atoms with Crippen LogP contribution in [0.3, 0.4) is 0 Å². The van der Waals surface area contributed by atoms with E-state index in [2.05, 4.69) is 31.3 Å². The van der Waals surface area contributed by atoms with Crippen LogP contribution in [-0.2, 0) is 0 Å². The van der Waals surface area contributed by atoms with E-state index in [1.54, 1.807) is 0 Å². The molecule has 1 nitrogen and oxygen atoms in total. The molecule has 0 amide bonds. The summed E-state index contributed by atoms with van der Waals surface area (Å²) in [6.07, 6.45) is 12.2. The molecule has 3 aliphatic carbocycles. The van der Waals surface area contributed by atoms with Gasteiger partial charge in [-0.2, -0.15) is 0 Å². The minimum absolute atomic E-state index is 0.728. The highest BCUT2D eigenvalue weighted by atomic mass is 14.9. The molecule has 2 fully saturated rings. The third kappa shape index (κ3) is 2.45. The maximum absolute atomic E-state index is 3.84. The average Bonchev–Trinajstić information content (AvgIpc) is 3.01. The summed E-state index contributed by atoms with van der Waals surface area (Å²) in [5.41, 5.74) is 0. The standard InChI is InChI=1S/C16H27N/c1-11-3-4-14(7-11)10-17-12(2)16-9-13-5-6-15(16)8-13/h5-6,11-17H,3-4,7-10H2,1-2H3. The lowest BCUT2D eigenvalue weighted by Gasteiger charge is -2.27. The molecule has 0 aromatic heterocycles. The van der Waals surface area contributed by atoms with Gasteiger partial charge in [-0.3, -0.25) is 0 Å². The zero-order chi connectivity index (χ0) is 11.8. The molecule has 1 heteroatoms. The lowest BCUT2D eigenvalue weighted by Crippen LogP contribution is -2.38. The molecule has 3 rings (SSSR count). The van der Waals surface area contributed by atoms with E-state index in [0.29, 0.717) is 0 Å². The van der Waals surface area contributed by atoms with Crippen molar-refractivity contribution in [2.45, 2.75) is 52.0 Å². The van der Waals surface area contributed by atoms with Crippen LogP contribution in [0.4, 0.5) is 0 Å². The molecule has 3 aliphatic rings. The van der Waals surface area contributed by atoms with E-state index in [-0.39, 0.29) is 0 Å². The smallest absolute Gasteiger partial charge is 0.00729 e. The molecule has 0 spiro atoms. The highest BCUT2D eigenvalue weighted by Gasteiger charge is 2.38. The molecular weight excluding hydrogens is 206 g/mol. The van der Waals surface area contributed by atoms with Gasteiger partial charge in [0, 0.05) is 6.04 Å². The van der Waals surface area contributed by atoms with Gasteiger partial charge in [0.05, 0.1) is 0 Å². The van der Waals surface area contributed by atoms with Gasteiger partial charge >= 0.3 is 0 Å². The first kappa shape index (κ1) is 11.8. The number of hydrogen-bond acceptors (Lipinski definition) is 1. The van der Waals surface area contributed by atoms with E-state index in [4.69, 9.17) is 0 Å². The van der Waals surface area contributed by atoms with E-state index in [0.717, 1.165) is 35.6 Å². The molecule has 96 valence electrons. The van der Waals surface area contributed by atoms with Crippen LogP contribution in [0.1, 0.15) is 46.0 Å². The maximum Gasteiger partial charge on any atom is 0.00729 e. The highest BCUT2D eigenvalue weighted by molar-refractivity contribution is 5.11. The minimum Gasteiger partial charge on any atom is -0.314 e. The lowest BCUT2D eigenvalue weighted by molar-refractivity contribution is 0.309. The molecule has 0 saturated heterocycles. The second kappa shape index (κ2) is 4.76. The molecular formula is C16H27N. The Balaban J connectivity index is 1.44. The number of hydrogen-bond donors (Lipinski definition) is 1. The summed E-state index contributed by atoms with van der Waals surface area (Å²) in [5.74, 6) is 4.67. The minimum atomic E-state index is 0.728. The summed E-state index contributed by atoms with van der Waals surface area (Å²) in [6.45, 7) is 6.09. The van der Waals surface area contributed by atoms with Crippen molar-refractivity contribution < 1.29 is 0 Å². The van der Waals surface area contributed by atoms with Crippen molar-refractivity contribution in [1.82, 2.24) is 5.32 Å². The monoisotopic (exact) mass is 233 g/mol. The fraction of sp³-hybridized carbons (Fsp3) is 0.875. The molecule has 1 N–H and O–H groups in total. The van der Waals surface area contributed by atoms with Crippen LogP contribution in [0, 0.1) is 29.6 Å². The first-order chi connectivity index (χ1) is 8.22. The van der Waals surface area contributed by atoms with Crippen molar-refractivity contribution in [3.63, 3.8) is 0 Å². The largest absolute Gasteiger partial charge is 0.314 e. The molecule has 2 bridgehead atoms. The van der Waals surface area contributed by atoms with Gasteiger partial charge in [0.2, 0.25) is 0 Å². The summed E-state index contributed by atoms with van der Waals surface area (Å²) in [6, 6.07) is 0.728. The van der Waals surface area contributed by atoms with Gasteiger partial charge in [-0.1, -0.05) is 25.5 Å². The Kier molecular flexibility index (Phi) is 3.30. The van der Waals surface area contributed by atoms with Crippen LogP contribution in [0.5, 0.6) is 0 Å². The molecule has 6 atom stereocenters. The Bertz CT molecular complexity index is 296. The molecule has 2 saturated carbocycles. The molecule has 0 heterocycles. The van der Waals surface area contributed by atoms with Crippen LogP contribution in [0.25, 0.3) is 0 Å². The van der Waals surface area contributed by atoms with Gasteiger partial charge in [-0.15, -0.1) is 0 Å². The third-order valence-electron chi connectivity index (χ3n) is 5.50. The number of nitrogens with one attached hydrogen (secondary N) is 1. The fourth-order valence-electron chi connectivity index (χ4n) is 4.41. The molecule has 6 unspecified atom stereocenters. The number of rotatable bonds is 4. The summed E-state index contributed by atoms with van der Waals surface area (Å²) >= 11 is 0. The zero-order valence-corrected chi connectivity index (χ0v) is 11.4. The average molecular weight is 233 g/mol. The summed E-state index contributed by atoms with van der Waals surface area (Å²) in [4.78, 5) is 0. The van der Waals surface area contributed by atoms with Gasteiger partial charge in [0.15, 0.2) is 0 Å². The first-order valence-corrected chi connectivity index (χ1v) is 7.64. The quantitative estimate of drug-likeness (QED) is 0.731. The van der Waals surface area contributed by atoms with Crippen molar-refractivity contribution in [3.05, 3.63) is 12.2 Å².